The van der Waals surface area contributed by atoms with Gasteiger partial charge in [-0.3, -0.25) is 4.79 Å². The molecule has 1 saturated heterocycles. The number of amides is 1. The molecule has 2 rings (SSSR count). The third-order valence-electron chi connectivity index (χ3n) is 3.97. The molecule has 1 aromatic carbocycles. The van der Waals surface area contributed by atoms with Gasteiger partial charge in [0.25, 0.3) is 0 Å². The van der Waals surface area contributed by atoms with Gasteiger partial charge in [-0.05, 0) is 13.3 Å². The van der Waals surface area contributed by atoms with Crippen LogP contribution in [0.2, 0.25) is 13.1 Å². The summed E-state index contributed by atoms with van der Waals surface area (Å²) in [6, 6.07) is 10.5. The van der Waals surface area contributed by atoms with Gasteiger partial charge in [-0.1, -0.05) is 48.6 Å². The van der Waals surface area contributed by atoms with Crippen LogP contribution in [0.3, 0.4) is 0 Å². The first kappa shape index (κ1) is 14.3. The first-order chi connectivity index (χ1) is 9.00. The fourth-order valence-electron chi connectivity index (χ4n) is 2.51. The van der Waals surface area contributed by atoms with Crippen LogP contribution in [0.1, 0.15) is 13.3 Å². The summed E-state index contributed by atoms with van der Waals surface area (Å²) in [7, 11) is -1.59. The number of benzene rings is 1. The largest absolute Gasteiger partial charge is 0.378 e. The minimum atomic E-state index is -1.59. The number of carbonyl (C=O) groups excluding carboxylic acids is 1. The molecule has 0 saturated carbocycles. The molecule has 1 heterocycles. The molecule has 1 amide bonds. The highest BCUT2D eigenvalue weighted by atomic mass is 28.3. The third-order valence-corrected chi connectivity index (χ3v) is 6.93. The number of nitrogens with one attached hydrogen (secondary N) is 1. The lowest BCUT2D eigenvalue weighted by atomic mass is 10.0. The summed E-state index contributed by atoms with van der Waals surface area (Å²) in [4.78, 5) is 12.2. The first-order valence-corrected chi connectivity index (χ1v) is 10.2. The van der Waals surface area contributed by atoms with E-state index in [0.717, 1.165) is 12.6 Å². The Balaban J connectivity index is 1.93. The minimum absolute atomic E-state index is 0.0283. The second-order valence-corrected chi connectivity index (χ2v) is 10.6. The molecule has 0 radical (unpaired) electrons. The summed E-state index contributed by atoms with van der Waals surface area (Å²) in [5.74, 6) is 0.182. The van der Waals surface area contributed by atoms with Crippen LogP contribution in [0, 0.1) is 5.92 Å². The zero-order chi connectivity index (χ0) is 13.9. The minimum Gasteiger partial charge on any atom is -0.378 e. The van der Waals surface area contributed by atoms with Crippen LogP contribution in [-0.4, -0.2) is 32.9 Å². The second-order valence-electron chi connectivity index (χ2n) is 5.94. The molecule has 1 aliphatic rings. The highest BCUT2D eigenvalue weighted by Gasteiger charge is 2.32. The van der Waals surface area contributed by atoms with Crippen molar-refractivity contribution in [3.05, 3.63) is 30.3 Å². The van der Waals surface area contributed by atoms with E-state index in [1.165, 1.54) is 5.19 Å². The van der Waals surface area contributed by atoms with Crippen LogP contribution >= 0.6 is 0 Å². The van der Waals surface area contributed by atoms with Crippen molar-refractivity contribution in [1.82, 2.24) is 5.32 Å². The summed E-state index contributed by atoms with van der Waals surface area (Å²) >= 11 is 0. The van der Waals surface area contributed by atoms with Crippen LogP contribution in [0.5, 0.6) is 0 Å². The van der Waals surface area contributed by atoms with Gasteiger partial charge < -0.3 is 10.1 Å². The first-order valence-electron chi connectivity index (χ1n) is 6.95. The molecular weight excluding hydrogens is 254 g/mol. The smallest absolute Gasteiger partial charge is 0.225 e. The average Bonchev–Trinajstić information content (AvgIpc) is 2.83. The van der Waals surface area contributed by atoms with Crippen LogP contribution < -0.4 is 10.5 Å². The Hall–Kier alpha value is -1.13. The second kappa shape index (κ2) is 5.88. The van der Waals surface area contributed by atoms with Crippen LogP contribution in [-0.2, 0) is 9.53 Å². The van der Waals surface area contributed by atoms with Gasteiger partial charge in [0, 0.05) is 12.8 Å². The molecule has 3 nitrogen and oxygen atoms in total. The number of rotatable bonds is 4. The Labute approximate surface area is 116 Å². The van der Waals surface area contributed by atoms with Gasteiger partial charge in [-0.25, -0.2) is 0 Å². The van der Waals surface area contributed by atoms with E-state index >= 15 is 0 Å². The standard InChI is InChI=1S/C15H23NO2Si/c1-12-14(9-10-18-12)15(17)16-11-19(2,3)13-7-5-4-6-8-13/h4-8,12,14H,9-11H2,1-3H3,(H,16,17)/t12-,14+/m0/s1. The van der Waals surface area contributed by atoms with E-state index in [1.54, 1.807) is 0 Å². The van der Waals surface area contributed by atoms with Gasteiger partial charge in [0.05, 0.1) is 12.0 Å². The molecular formula is C15H23NO2Si. The zero-order valence-corrected chi connectivity index (χ0v) is 13.0. The van der Waals surface area contributed by atoms with Crippen molar-refractivity contribution in [2.24, 2.45) is 5.92 Å². The molecule has 1 aliphatic heterocycles. The number of carbonyl (C=O) groups is 1. The van der Waals surface area contributed by atoms with Crippen molar-refractivity contribution < 1.29 is 9.53 Å². The fraction of sp³-hybridized carbons (Fsp3) is 0.533. The van der Waals surface area contributed by atoms with Gasteiger partial charge in [-0.2, -0.15) is 0 Å². The summed E-state index contributed by atoms with van der Waals surface area (Å²) < 4.78 is 5.45. The third kappa shape index (κ3) is 3.45. The van der Waals surface area contributed by atoms with Gasteiger partial charge in [-0.15, -0.1) is 0 Å². The van der Waals surface area contributed by atoms with Gasteiger partial charge in [0.2, 0.25) is 5.91 Å². The Morgan fingerprint density at radius 1 is 1.37 bits per heavy atom. The Kier molecular flexibility index (Phi) is 4.42. The van der Waals surface area contributed by atoms with E-state index in [9.17, 15) is 4.79 Å². The quantitative estimate of drug-likeness (QED) is 0.851. The molecule has 0 unspecified atom stereocenters. The van der Waals surface area contributed by atoms with Crippen molar-refractivity contribution in [2.75, 3.05) is 12.8 Å². The predicted octanol–water partition coefficient (Wildman–Crippen LogP) is 1.68. The average molecular weight is 277 g/mol. The molecule has 19 heavy (non-hydrogen) atoms. The highest BCUT2D eigenvalue weighted by molar-refractivity contribution is 6.90. The summed E-state index contributed by atoms with van der Waals surface area (Å²) in [6.45, 7) is 7.27. The van der Waals surface area contributed by atoms with E-state index in [-0.39, 0.29) is 17.9 Å². The molecule has 4 heteroatoms. The van der Waals surface area contributed by atoms with Crippen LogP contribution in [0.4, 0.5) is 0 Å². The lowest BCUT2D eigenvalue weighted by molar-refractivity contribution is -0.126. The zero-order valence-electron chi connectivity index (χ0n) is 12.0. The van der Waals surface area contributed by atoms with Crippen LogP contribution in [0.15, 0.2) is 30.3 Å². The lowest BCUT2D eigenvalue weighted by Gasteiger charge is -2.24. The Bertz CT molecular complexity index is 433. The van der Waals surface area contributed by atoms with E-state index < -0.39 is 8.07 Å². The molecule has 1 N–H and O–H groups in total. The normalized spacial score (nSPS) is 23.3. The molecule has 104 valence electrons. The van der Waals surface area contributed by atoms with Gasteiger partial charge in [0.15, 0.2) is 0 Å². The monoisotopic (exact) mass is 277 g/mol. The van der Waals surface area contributed by atoms with E-state index in [1.807, 2.05) is 13.0 Å². The number of hydrogen-bond donors (Lipinski definition) is 1. The SMILES string of the molecule is C[C@@H]1OCC[C@H]1C(=O)NC[Si](C)(C)c1ccccc1. The predicted molar refractivity (Wildman–Crippen MR) is 80.1 cm³/mol. The summed E-state index contributed by atoms with van der Waals surface area (Å²) in [6.07, 6.45) is 1.70. The maximum absolute atomic E-state index is 12.2. The molecule has 0 bridgehead atoms. The molecule has 2 atom stereocenters. The lowest BCUT2D eigenvalue weighted by Crippen LogP contribution is -2.53. The van der Waals surface area contributed by atoms with Gasteiger partial charge >= 0.3 is 0 Å². The maximum atomic E-state index is 12.2. The fourth-order valence-corrected chi connectivity index (χ4v) is 4.42. The molecule has 1 fully saturated rings. The Morgan fingerprint density at radius 2 is 2.05 bits per heavy atom. The number of hydrogen-bond acceptors (Lipinski definition) is 2. The van der Waals surface area contributed by atoms with Crippen molar-refractivity contribution in [2.45, 2.75) is 32.5 Å². The summed E-state index contributed by atoms with van der Waals surface area (Å²) in [5.41, 5.74) is 0. The Morgan fingerprint density at radius 3 is 2.63 bits per heavy atom. The van der Waals surface area contributed by atoms with Crippen molar-refractivity contribution in [3.63, 3.8) is 0 Å². The molecule has 0 aromatic heterocycles. The van der Waals surface area contributed by atoms with E-state index in [0.29, 0.717) is 6.61 Å². The van der Waals surface area contributed by atoms with Crippen molar-refractivity contribution in [1.29, 1.82) is 0 Å². The van der Waals surface area contributed by atoms with E-state index in [4.69, 9.17) is 4.74 Å². The molecule has 0 spiro atoms. The number of ether oxygens (including phenoxy) is 1. The summed E-state index contributed by atoms with van der Waals surface area (Å²) in [5, 5.41) is 4.52. The topological polar surface area (TPSA) is 38.3 Å². The highest BCUT2D eigenvalue weighted by Crippen LogP contribution is 2.20. The van der Waals surface area contributed by atoms with E-state index in [2.05, 4.69) is 42.7 Å². The van der Waals surface area contributed by atoms with Crippen LogP contribution in [0.25, 0.3) is 0 Å². The van der Waals surface area contributed by atoms with Crippen molar-refractivity contribution in [3.8, 4) is 0 Å². The van der Waals surface area contributed by atoms with Crippen molar-refractivity contribution >= 4 is 19.2 Å². The maximum Gasteiger partial charge on any atom is 0.225 e. The molecule has 0 aliphatic carbocycles. The molecule has 1 aromatic rings. The van der Waals surface area contributed by atoms with Gasteiger partial charge in [0.1, 0.15) is 8.07 Å².